The molecule has 20 heavy (non-hydrogen) atoms. The molecule has 0 bridgehead atoms. The normalized spacial score (nSPS) is 12.5. The summed E-state index contributed by atoms with van der Waals surface area (Å²) in [6.45, 7) is 0. The lowest BCUT2D eigenvalue weighted by Gasteiger charge is -2.19. The molecule has 2 aromatic rings. The Bertz CT molecular complexity index is 598. The maximum Gasteiger partial charge on any atom is 0.194 e. The molecule has 6 heteroatoms. The Balaban J connectivity index is 2.59. The molecule has 0 aromatic heterocycles. The van der Waals surface area contributed by atoms with Gasteiger partial charge in [0.25, 0.3) is 0 Å². The van der Waals surface area contributed by atoms with Crippen LogP contribution in [0.3, 0.4) is 0 Å². The fraction of sp³-hybridized carbons (Fsp3) is 0.143. The van der Waals surface area contributed by atoms with Gasteiger partial charge in [0.15, 0.2) is 17.5 Å². The highest BCUT2D eigenvalue weighted by Gasteiger charge is 2.23. The van der Waals surface area contributed by atoms with E-state index in [0.29, 0.717) is 12.1 Å². The summed E-state index contributed by atoms with van der Waals surface area (Å²) < 4.78 is 66.8. The molecule has 0 fully saturated rings. The van der Waals surface area contributed by atoms with Crippen molar-refractivity contribution in [2.45, 2.75) is 6.04 Å². The van der Waals surface area contributed by atoms with Crippen molar-refractivity contribution in [3.63, 3.8) is 0 Å². The molecule has 0 saturated heterocycles. The molecule has 0 spiro atoms. The Morgan fingerprint density at radius 3 is 1.80 bits per heavy atom. The van der Waals surface area contributed by atoms with Crippen LogP contribution in [0.5, 0.6) is 0 Å². The topological polar surface area (TPSA) is 12.0 Å². The zero-order valence-electron chi connectivity index (χ0n) is 10.4. The van der Waals surface area contributed by atoms with Gasteiger partial charge in [-0.3, -0.25) is 0 Å². The quantitative estimate of drug-likeness (QED) is 0.670. The van der Waals surface area contributed by atoms with Crippen molar-refractivity contribution in [2.24, 2.45) is 0 Å². The third kappa shape index (κ3) is 2.51. The molecule has 1 atom stereocenters. The third-order valence-electron chi connectivity index (χ3n) is 2.92. The minimum atomic E-state index is -1.63. The van der Waals surface area contributed by atoms with Gasteiger partial charge in [-0.25, -0.2) is 22.0 Å². The molecule has 0 radical (unpaired) electrons. The molecule has 0 amide bonds. The summed E-state index contributed by atoms with van der Waals surface area (Å²) in [6, 6.07) is 3.49. The highest BCUT2D eigenvalue weighted by molar-refractivity contribution is 5.34. The fourth-order valence-electron chi connectivity index (χ4n) is 2.01. The number of nitrogens with one attached hydrogen (secondary N) is 1. The van der Waals surface area contributed by atoms with Crippen molar-refractivity contribution < 1.29 is 22.0 Å². The van der Waals surface area contributed by atoms with Gasteiger partial charge < -0.3 is 5.32 Å². The molecular weight excluding hydrogens is 277 g/mol. The Labute approximate surface area is 112 Å². The van der Waals surface area contributed by atoms with E-state index in [1.807, 2.05) is 0 Å². The molecule has 1 N–H and O–H groups in total. The van der Waals surface area contributed by atoms with E-state index in [9.17, 15) is 22.0 Å². The first-order valence-corrected chi connectivity index (χ1v) is 5.71. The summed E-state index contributed by atoms with van der Waals surface area (Å²) in [6.07, 6.45) is 0. The predicted molar refractivity (Wildman–Crippen MR) is 63.6 cm³/mol. The number of benzene rings is 2. The highest BCUT2D eigenvalue weighted by Crippen LogP contribution is 2.28. The van der Waals surface area contributed by atoms with Gasteiger partial charge in [0.1, 0.15) is 11.6 Å². The zero-order valence-corrected chi connectivity index (χ0v) is 10.4. The smallest absolute Gasteiger partial charge is 0.194 e. The van der Waals surface area contributed by atoms with Gasteiger partial charge in [-0.15, -0.1) is 0 Å². The van der Waals surface area contributed by atoms with Crippen molar-refractivity contribution in [1.82, 2.24) is 5.32 Å². The Hall–Kier alpha value is -1.95. The van der Waals surface area contributed by atoms with Crippen LogP contribution in [0.4, 0.5) is 22.0 Å². The molecule has 0 aliphatic heterocycles. The molecular formula is C14H10F5N. The largest absolute Gasteiger partial charge is 0.309 e. The fourth-order valence-corrected chi connectivity index (χ4v) is 2.01. The molecule has 0 saturated carbocycles. The van der Waals surface area contributed by atoms with E-state index < -0.39 is 35.1 Å². The van der Waals surface area contributed by atoms with Gasteiger partial charge in [0.05, 0.1) is 6.04 Å². The van der Waals surface area contributed by atoms with Crippen LogP contribution in [-0.2, 0) is 0 Å². The second-order valence-electron chi connectivity index (χ2n) is 4.16. The molecule has 0 aliphatic rings. The molecule has 2 aromatic carbocycles. The van der Waals surface area contributed by atoms with E-state index in [1.165, 1.54) is 13.1 Å². The second kappa shape index (κ2) is 5.58. The number of halogens is 5. The minimum Gasteiger partial charge on any atom is -0.309 e. The standard InChI is InChI=1S/C14H10F5N/c1-20-14(12-8(15)3-2-4-9(12)16)7-5-10(17)13(19)11(18)6-7/h2-6,14,20H,1H3. The van der Waals surface area contributed by atoms with Gasteiger partial charge in [-0.05, 0) is 36.9 Å². The van der Waals surface area contributed by atoms with Crippen molar-refractivity contribution in [3.8, 4) is 0 Å². The van der Waals surface area contributed by atoms with Gasteiger partial charge >= 0.3 is 0 Å². The minimum absolute atomic E-state index is 0.118. The summed E-state index contributed by atoms with van der Waals surface area (Å²) in [4.78, 5) is 0. The predicted octanol–water partition coefficient (Wildman–Crippen LogP) is 3.69. The molecule has 2 rings (SSSR count). The maximum atomic E-state index is 13.7. The van der Waals surface area contributed by atoms with Crippen LogP contribution in [0.1, 0.15) is 17.2 Å². The molecule has 1 unspecified atom stereocenters. The van der Waals surface area contributed by atoms with Crippen LogP contribution in [0, 0.1) is 29.1 Å². The Kier molecular flexibility index (Phi) is 4.04. The molecule has 106 valence electrons. The van der Waals surface area contributed by atoms with Crippen molar-refractivity contribution in [3.05, 3.63) is 70.5 Å². The number of hydrogen-bond donors (Lipinski definition) is 1. The Morgan fingerprint density at radius 1 is 0.850 bits per heavy atom. The molecule has 1 nitrogen and oxygen atoms in total. The number of hydrogen-bond acceptors (Lipinski definition) is 1. The van der Waals surface area contributed by atoms with Crippen LogP contribution in [0.2, 0.25) is 0 Å². The summed E-state index contributed by atoms with van der Waals surface area (Å²) in [5, 5.41) is 2.55. The summed E-state index contributed by atoms with van der Waals surface area (Å²) in [7, 11) is 1.37. The van der Waals surface area contributed by atoms with Crippen LogP contribution < -0.4 is 5.32 Å². The van der Waals surface area contributed by atoms with Crippen LogP contribution in [0.25, 0.3) is 0 Å². The summed E-state index contributed by atoms with van der Waals surface area (Å²) >= 11 is 0. The average Bonchev–Trinajstić information content (AvgIpc) is 2.40. The number of rotatable bonds is 3. The van der Waals surface area contributed by atoms with E-state index >= 15 is 0 Å². The summed E-state index contributed by atoms with van der Waals surface area (Å²) in [5.74, 6) is -6.20. The lowest BCUT2D eigenvalue weighted by molar-refractivity contribution is 0.441. The first-order valence-electron chi connectivity index (χ1n) is 5.71. The lowest BCUT2D eigenvalue weighted by atomic mass is 9.97. The first-order chi connectivity index (χ1) is 9.45. The van der Waals surface area contributed by atoms with Crippen LogP contribution in [-0.4, -0.2) is 7.05 Å². The van der Waals surface area contributed by atoms with Crippen molar-refractivity contribution in [2.75, 3.05) is 7.05 Å². The average molecular weight is 287 g/mol. The highest BCUT2D eigenvalue weighted by atomic mass is 19.2. The van der Waals surface area contributed by atoms with Gasteiger partial charge in [0.2, 0.25) is 0 Å². The zero-order chi connectivity index (χ0) is 14.9. The lowest BCUT2D eigenvalue weighted by Crippen LogP contribution is -2.21. The third-order valence-corrected chi connectivity index (χ3v) is 2.92. The van der Waals surface area contributed by atoms with Crippen molar-refractivity contribution >= 4 is 0 Å². The van der Waals surface area contributed by atoms with E-state index in [2.05, 4.69) is 5.32 Å². The monoisotopic (exact) mass is 287 g/mol. The first kappa shape index (κ1) is 14.5. The van der Waals surface area contributed by atoms with E-state index in [0.717, 1.165) is 12.1 Å². The molecule has 0 aliphatic carbocycles. The van der Waals surface area contributed by atoms with E-state index in [4.69, 9.17) is 0 Å². The van der Waals surface area contributed by atoms with Gasteiger partial charge in [0, 0.05) is 5.56 Å². The van der Waals surface area contributed by atoms with Gasteiger partial charge in [-0.2, -0.15) is 0 Å². The summed E-state index contributed by atoms with van der Waals surface area (Å²) in [5.41, 5.74) is -0.506. The molecule has 0 heterocycles. The van der Waals surface area contributed by atoms with E-state index in [-0.39, 0.29) is 11.1 Å². The Morgan fingerprint density at radius 2 is 1.35 bits per heavy atom. The maximum absolute atomic E-state index is 13.7. The van der Waals surface area contributed by atoms with Crippen LogP contribution >= 0.6 is 0 Å². The van der Waals surface area contributed by atoms with Crippen molar-refractivity contribution in [1.29, 1.82) is 0 Å². The second-order valence-corrected chi connectivity index (χ2v) is 4.16. The van der Waals surface area contributed by atoms with E-state index in [1.54, 1.807) is 0 Å². The SMILES string of the molecule is CNC(c1cc(F)c(F)c(F)c1)c1c(F)cccc1F. The van der Waals surface area contributed by atoms with Crippen LogP contribution in [0.15, 0.2) is 30.3 Å². The van der Waals surface area contributed by atoms with Gasteiger partial charge in [-0.1, -0.05) is 6.07 Å².